The summed E-state index contributed by atoms with van der Waals surface area (Å²) < 4.78 is 32.7. The first-order valence-corrected chi connectivity index (χ1v) is 3.84. The Morgan fingerprint density at radius 1 is 1.11 bits per heavy atom. The second-order valence-electron chi connectivity index (χ2n) is 1.31. The fourth-order valence-electron chi connectivity index (χ4n) is 0. The molecule has 0 saturated heterocycles. The third kappa shape index (κ3) is 2370. The van der Waals surface area contributed by atoms with Crippen molar-refractivity contribution in [3.8, 4) is 0 Å². The van der Waals surface area contributed by atoms with E-state index < -0.39 is 20.4 Å². The Bertz CT molecular complexity index is 184. The molecule has 0 radical (unpaired) electrons. The Balaban J connectivity index is -0.0000000288. The molecule has 0 aromatic rings. The van der Waals surface area contributed by atoms with Crippen LogP contribution in [0.15, 0.2) is 0 Å². The summed E-state index contributed by atoms with van der Waals surface area (Å²) >= 11 is 0. The van der Waals surface area contributed by atoms with Crippen LogP contribution in [0.2, 0.25) is 0 Å². The van der Waals surface area contributed by atoms with Crippen LogP contribution in [0.5, 0.6) is 0 Å². The van der Waals surface area contributed by atoms with E-state index >= 15 is 0 Å². The van der Waals surface area contributed by atoms with Gasteiger partial charge in [-0.2, -0.15) is 14.0 Å². The van der Waals surface area contributed by atoms with E-state index in [2.05, 4.69) is 11.5 Å². The van der Waals surface area contributed by atoms with Crippen LogP contribution in [0.25, 0.3) is 0 Å². The van der Waals surface area contributed by atoms with Crippen LogP contribution in [-0.2, 0) is 0 Å². The molecule has 0 aliphatic rings. The van der Waals surface area contributed by atoms with Crippen molar-refractivity contribution < 1.29 is 73.8 Å². The molecule has 0 aliphatic carbocycles. The topological polar surface area (TPSA) is 330 Å². The van der Waals surface area contributed by atoms with Crippen LogP contribution in [0.4, 0.5) is 0 Å². The second kappa shape index (κ2) is 22.0. The van der Waals surface area contributed by atoms with Crippen LogP contribution in [0, 0.1) is 41.1 Å². The van der Waals surface area contributed by atoms with Gasteiger partial charge in [0.1, 0.15) is 0 Å². The Kier molecular flexibility index (Phi) is 41.7. The smallest absolute Gasteiger partial charge is 0.370 e. The largest absolute Gasteiger partial charge is 1.00 e. The normalized spacial score (nSPS) is 6.95. The van der Waals surface area contributed by atoms with E-state index in [9.17, 15) is 0 Å². The number of nitrogens with zero attached hydrogens (tertiary/aromatic N) is 2. The van der Waals surface area contributed by atoms with Gasteiger partial charge >= 0.3 is 29.6 Å². The molecule has 0 rings (SSSR count). The van der Waals surface area contributed by atoms with E-state index in [1.807, 2.05) is 0 Å². The molecule has 0 bridgehead atoms. The molecule has 0 atom stereocenters. The second-order valence-corrected chi connectivity index (χ2v) is 2.10. The van der Waals surface area contributed by atoms with Gasteiger partial charge in [-0.05, 0) is 0 Å². The molecule has 16 nitrogen and oxygen atoms in total. The molecule has 0 heterocycles. The first kappa shape index (κ1) is 36.1. The summed E-state index contributed by atoms with van der Waals surface area (Å²) in [6.07, 6.45) is 0. The number of nitrogens with one attached hydrogen (secondary N) is 1. The van der Waals surface area contributed by atoms with E-state index in [1.165, 1.54) is 0 Å². The fraction of sp³-hybridized carbons (Fsp3) is 0. The average Bonchev–Trinajstić information content (AvgIpc) is 1.73. The Hall–Kier alpha value is -1.24. The summed E-state index contributed by atoms with van der Waals surface area (Å²) in [5, 5.41) is 34.4. The molecule has 0 aromatic carbocycles. The van der Waals surface area contributed by atoms with Crippen molar-refractivity contribution in [3.63, 3.8) is 0 Å². The number of hydrogen-bond acceptors (Lipinski definition) is 11. The number of rotatable bonds is 0. The standard InChI is InChI=1S/CH5N3.ClHO4.HNO3.NO3.H3N.Na/c2-1(3)4;2-1(3,4)5;2*2-1(3)4;;/h(H5,2,3,4);(H,2,3,4,5);(H,2,3,4);;1H3;/q;;;-1;;+1. The van der Waals surface area contributed by atoms with Crippen LogP contribution in [0.1, 0.15) is 0 Å². The minimum atomic E-state index is -4.69. The van der Waals surface area contributed by atoms with Gasteiger partial charge in [0, 0.05) is 0 Å². The zero-order valence-corrected chi connectivity index (χ0v) is 12.1. The van der Waals surface area contributed by atoms with Crippen LogP contribution in [-0.4, -0.2) is 26.0 Å². The maximum Gasteiger partial charge on any atom is 1.00 e. The Morgan fingerprint density at radius 3 is 1.11 bits per heavy atom. The van der Waals surface area contributed by atoms with Gasteiger partial charge in [0.05, 0.1) is 20.0 Å². The quantitative estimate of drug-likeness (QED) is 0.0792. The third-order valence-corrected chi connectivity index (χ3v) is 0. The molecule has 0 fully saturated rings. The maximum atomic E-state index is 8.60. The minimum absolute atomic E-state index is 0. The van der Waals surface area contributed by atoms with Gasteiger partial charge in [0.15, 0.2) is 5.96 Å². The minimum Gasteiger partial charge on any atom is -0.370 e. The summed E-state index contributed by atoms with van der Waals surface area (Å²) in [5.74, 6) is -0.333. The molecule has 0 aliphatic heterocycles. The van der Waals surface area contributed by atoms with Crippen molar-refractivity contribution >= 4 is 5.96 Å². The average molecular weight is 325 g/mol. The van der Waals surface area contributed by atoms with Crippen molar-refractivity contribution in [1.82, 2.24) is 6.15 Å². The van der Waals surface area contributed by atoms with Gasteiger partial charge in [-0.3, -0.25) is 5.41 Å². The van der Waals surface area contributed by atoms with Gasteiger partial charge in [-0.15, -0.1) is 10.1 Å². The predicted molar refractivity (Wildman–Crippen MR) is 42.5 cm³/mol. The van der Waals surface area contributed by atoms with Crippen molar-refractivity contribution in [2.75, 3.05) is 0 Å². The van der Waals surface area contributed by atoms with E-state index in [-0.39, 0.29) is 41.7 Å². The van der Waals surface area contributed by atoms with E-state index in [0.29, 0.717) is 0 Å². The summed E-state index contributed by atoms with van der Waals surface area (Å²) in [7, 11) is -4.69. The molecule has 10 N–H and O–H groups in total. The zero-order valence-electron chi connectivity index (χ0n) is 9.29. The number of guanidine groups is 1. The molecule has 0 unspecified atom stereocenters. The number of nitrogens with two attached hydrogens (primary N) is 2. The molecular weight excluding hydrogens is 314 g/mol. The Labute approximate surface area is 128 Å². The molecule has 0 aromatic heterocycles. The van der Waals surface area contributed by atoms with Gasteiger partial charge in [0.25, 0.3) is 5.09 Å². The van der Waals surface area contributed by atoms with Gasteiger partial charge in [-0.1, -0.05) is 0 Å². The van der Waals surface area contributed by atoms with Gasteiger partial charge in [-0.25, -0.2) is 0 Å². The van der Waals surface area contributed by atoms with Gasteiger partial charge < -0.3 is 38.1 Å². The van der Waals surface area contributed by atoms with Crippen molar-refractivity contribution in [1.29, 1.82) is 5.41 Å². The SMILES string of the molecule is N.N=C(N)N.O=[N+]([O-])O.O=[N+]([O-])[O-].[Na+].[O-][Cl+3]([O-])([O-])O. The van der Waals surface area contributed by atoms with Crippen LogP contribution < -0.4 is 61.2 Å². The maximum absolute atomic E-state index is 8.60. The van der Waals surface area contributed by atoms with Crippen molar-refractivity contribution in [2.45, 2.75) is 0 Å². The molecular formula is CH10ClN6NaO10. The summed E-state index contributed by atoms with van der Waals surface area (Å²) in [4.78, 5) is 16.6. The van der Waals surface area contributed by atoms with Gasteiger partial charge in [0.2, 0.25) is 0 Å². The molecule has 19 heavy (non-hydrogen) atoms. The van der Waals surface area contributed by atoms with Crippen LogP contribution >= 0.6 is 0 Å². The van der Waals surface area contributed by atoms with Crippen molar-refractivity contribution in [2.24, 2.45) is 11.5 Å². The first-order chi connectivity index (χ1) is 7.20. The number of hydrogen-bond donors (Lipinski definition) is 6. The Morgan fingerprint density at radius 2 is 1.11 bits per heavy atom. The molecule has 18 heteroatoms. The van der Waals surface area contributed by atoms with Crippen molar-refractivity contribution in [3.05, 3.63) is 25.4 Å². The molecule has 0 saturated carbocycles. The molecule has 0 amide bonds. The monoisotopic (exact) mass is 324 g/mol. The third-order valence-electron chi connectivity index (χ3n) is 0. The predicted octanol–water partition coefficient (Wildman–Crippen LogP) is -8.71. The first-order valence-electron chi connectivity index (χ1n) is 2.57. The molecule has 112 valence electrons. The van der Waals surface area contributed by atoms with Crippen LogP contribution in [0.3, 0.4) is 0 Å². The summed E-state index contributed by atoms with van der Waals surface area (Å²) in [6, 6.07) is 0. The summed E-state index contributed by atoms with van der Waals surface area (Å²) in [6.45, 7) is 0. The van der Waals surface area contributed by atoms with E-state index in [0.717, 1.165) is 0 Å². The zero-order chi connectivity index (χ0) is 15.2. The summed E-state index contributed by atoms with van der Waals surface area (Å²) in [5.41, 5.74) is 8.94. The van der Waals surface area contributed by atoms with E-state index in [4.69, 9.17) is 54.7 Å². The number of halogens is 1. The van der Waals surface area contributed by atoms with E-state index in [1.54, 1.807) is 0 Å². The fourth-order valence-corrected chi connectivity index (χ4v) is 0. The molecule has 0 spiro atoms.